The Labute approximate surface area is 207 Å². The Kier molecular flexibility index (Phi) is 7.71. The number of piperidine rings is 1. The van der Waals surface area contributed by atoms with Crippen molar-refractivity contribution in [3.8, 4) is 11.3 Å². The summed E-state index contributed by atoms with van der Waals surface area (Å²) in [7, 11) is 0. The molecule has 0 bridgehead atoms. The minimum Gasteiger partial charge on any atom is -0.379 e. The number of aromatic nitrogens is 2. The van der Waals surface area contributed by atoms with Gasteiger partial charge in [-0.25, -0.2) is 0 Å². The highest BCUT2D eigenvalue weighted by atomic mass is 16.5. The highest BCUT2D eigenvalue weighted by molar-refractivity contribution is 5.92. The van der Waals surface area contributed by atoms with Crippen molar-refractivity contribution in [2.75, 3.05) is 45.9 Å². The van der Waals surface area contributed by atoms with Crippen molar-refractivity contribution in [1.29, 1.82) is 0 Å². The van der Waals surface area contributed by atoms with E-state index >= 15 is 0 Å². The maximum absolute atomic E-state index is 13.0. The van der Waals surface area contributed by atoms with Gasteiger partial charge in [0.25, 0.3) is 0 Å². The van der Waals surface area contributed by atoms with Crippen LogP contribution in [0.1, 0.15) is 24.0 Å². The van der Waals surface area contributed by atoms with Gasteiger partial charge in [0.1, 0.15) is 0 Å². The smallest absolute Gasteiger partial charge is 0.246 e. The molecule has 182 valence electrons. The molecule has 6 nitrogen and oxygen atoms in total. The predicted molar refractivity (Wildman–Crippen MR) is 139 cm³/mol. The average molecular weight is 471 g/mol. The summed E-state index contributed by atoms with van der Waals surface area (Å²) in [6, 6.07) is 20.5. The number of hydrogen-bond acceptors (Lipinski definition) is 4. The third kappa shape index (κ3) is 6.27. The summed E-state index contributed by atoms with van der Waals surface area (Å²) < 4.78 is 7.42. The molecule has 0 atom stereocenters. The molecule has 0 aliphatic carbocycles. The van der Waals surface area contributed by atoms with Gasteiger partial charge < -0.3 is 9.64 Å². The highest BCUT2D eigenvalue weighted by Gasteiger charge is 2.24. The van der Waals surface area contributed by atoms with Crippen LogP contribution in [0, 0.1) is 5.92 Å². The van der Waals surface area contributed by atoms with Crippen LogP contribution in [0.3, 0.4) is 0 Å². The molecular formula is C29H34N4O2. The van der Waals surface area contributed by atoms with Crippen molar-refractivity contribution in [3.05, 3.63) is 84.1 Å². The molecule has 3 heterocycles. The molecule has 35 heavy (non-hydrogen) atoms. The first kappa shape index (κ1) is 23.5. The first-order chi connectivity index (χ1) is 17.2. The summed E-state index contributed by atoms with van der Waals surface area (Å²) in [5.41, 5.74) is 4.11. The zero-order valence-electron chi connectivity index (χ0n) is 20.3. The first-order valence-corrected chi connectivity index (χ1v) is 12.7. The molecule has 5 rings (SSSR count). The molecule has 2 aromatic carbocycles. The molecule has 0 spiro atoms. The SMILES string of the molecule is O=C(/C=C/c1cn(Cc2ccccc2)nc1-c1ccccc1)N1CCC(CN2CCOCC2)CC1. The van der Waals surface area contributed by atoms with E-state index in [1.165, 1.54) is 5.56 Å². The molecule has 2 saturated heterocycles. The molecule has 3 aromatic rings. The monoisotopic (exact) mass is 470 g/mol. The molecule has 0 unspecified atom stereocenters. The minimum atomic E-state index is 0.0876. The van der Waals surface area contributed by atoms with Crippen LogP contribution in [-0.4, -0.2) is 71.4 Å². The maximum atomic E-state index is 13.0. The third-order valence-electron chi connectivity index (χ3n) is 6.98. The number of rotatable bonds is 7. The van der Waals surface area contributed by atoms with Gasteiger partial charge in [-0.2, -0.15) is 5.10 Å². The Hall–Kier alpha value is -3.22. The number of carbonyl (C=O) groups excluding carboxylic acids is 1. The van der Waals surface area contributed by atoms with Gasteiger partial charge in [-0.3, -0.25) is 14.4 Å². The van der Waals surface area contributed by atoms with Crippen molar-refractivity contribution in [3.63, 3.8) is 0 Å². The van der Waals surface area contributed by atoms with Crippen LogP contribution in [-0.2, 0) is 16.1 Å². The number of morpholine rings is 1. The van der Waals surface area contributed by atoms with Crippen LogP contribution in [0.4, 0.5) is 0 Å². The lowest BCUT2D eigenvalue weighted by molar-refractivity contribution is -0.127. The fraction of sp³-hybridized carbons (Fsp3) is 0.379. The lowest BCUT2D eigenvalue weighted by Crippen LogP contribution is -2.43. The van der Waals surface area contributed by atoms with Crippen LogP contribution in [0.5, 0.6) is 0 Å². The van der Waals surface area contributed by atoms with E-state index in [9.17, 15) is 4.79 Å². The van der Waals surface area contributed by atoms with Crippen LogP contribution in [0.15, 0.2) is 72.9 Å². The van der Waals surface area contributed by atoms with Gasteiger partial charge >= 0.3 is 0 Å². The summed E-state index contributed by atoms with van der Waals surface area (Å²) in [4.78, 5) is 17.5. The van der Waals surface area contributed by atoms with Crippen molar-refractivity contribution in [2.24, 2.45) is 5.92 Å². The van der Waals surface area contributed by atoms with Gasteiger partial charge in [0.05, 0.1) is 25.5 Å². The van der Waals surface area contributed by atoms with Gasteiger partial charge in [-0.1, -0.05) is 60.7 Å². The third-order valence-corrected chi connectivity index (χ3v) is 6.98. The number of carbonyl (C=O) groups is 1. The molecule has 1 amide bonds. The van der Waals surface area contributed by atoms with E-state index in [1.807, 2.05) is 58.3 Å². The Morgan fingerprint density at radius 2 is 1.63 bits per heavy atom. The van der Waals surface area contributed by atoms with E-state index in [-0.39, 0.29) is 5.91 Å². The second kappa shape index (κ2) is 11.5. The zero-order chi connectivity index (χ0) is 23.9. The molecule has 6 heteroatoms. The zero-order valence-corrected chi connectivity index (χ0v) is 20.3. The minimum absolute atomic E-state index is 0.0876. The number of benzene rings is 2. The van der Waals surface area contributed by atoms with Gasteiger partial charge in [0, 0.05) is 56.1 Å². The second-order valence-corrected chi connectivity index (χ2v) is 9.50. The summed E-state index contributed by atoms with van der Waals surface area (Å²) in [5.74, 6) is 0.756. The van der Waals surface area contributed by atoms with E-state index < -0.39 is 0 Å². The number of hydrogen-bond donors (Lipinski definition) is 0. The van der Waals surface area contributed by atoms with E-state index in [0.29, 0.717) is 12.5 Å². The molecule has 1 aromatic heterocycles. The Morgan fingerprint density at radius 1 is 0.943 bits per heavy atom. The largest absolute Gasteiger partial charge is 0.379 e. The molecule has 0 radical (unpaired) electrons. The van der Waals surface area contributed by atoms with Crippen molar-refractivity contribution >= 4 is 12.0 Å². The van der Waals surface area contributed by atoms with Gasteiger partial charge in [0.15, 0.2) is 0 Å². The number of nitrogens with zero attached hydrogens (tertiary/aromatic N) is 4. The molecule has 0 saturated carbocycles. The van der Waals surface area contributed by atoms with Gasteiger partial charge in [-0.15, -0.1) is 0 Å². The quantitative estimate of drug-likeness (QED) is 0.486. The number of likely N-dealkylation sites (tertiary alicyclic amines) is 1. The van der Waals surface area contributed by atoms with E-state index in [2.05, 4.69) is 29.2 Å². The van der Waals surface area contributed by atoms with Crippen LogP contribution in [0.25, 0.3) is 17.3 Å². The molecular weight excluding hydrogens is 436 g/mol. The van der Waals surface area contributed by atoms with Crippen LogP contribution in [0.2, 0.25) is 0 Å². The lowest BCUT2D eigenvalue weighted by atomic mass is 9.96. The number of amides is 1. The number of ether oxygens (including phenoxy) is 1. The van der Waals surface area contributed by atoms with E-state index in [1.54, 1.807) is 6.08 Å². The summed E-state index contributed by atoms with van der Waals surface area (Å²) in [6.07, 6.45) is 7.83. The molecule has 2 aliphatic rings. The Balaban J connectivity index is 1.24. The van der Waals surface area contributed by atoms with Crippen molar-refractivity contribution < 1.29 is 9.53 Å². The lowest BCUT2D eigenvalue weighted by Gasteiger charge is -2.35. The van der Waals surface area contributed by atoms with Crippen molar-refractivity contribution in [2.45, 2.75) is 19.4 Å². The predicted octanol–water partition coefficient (Wildman–Crippen LogP) is 4.18. The van der Waals surface area contributed by atoms with Gasteiger partial charge in [-0.05, 0) is 30.4 Å². The Bertz CT molecular complexity index is 1110. The highest BCUT2D eigenvalue weighted by Crippen LogP contribution is 2.24. The average Bonchev–Trinajstić information content (AvgIpc) is 3.32. The fourth-order valence-corrected chi connectivity index (χ4v) is 4.98. The maximum Gasteiger partial charge on any atom is 0.246 e. The van der Waals surface area contributed by atoms with Crippen molar-refractivity contribution in [1.82, 2.24) is 19.6 Å². The fourth-order valence-electron chi connectivity index (χ4n) is 4.98. The standard InChI is InChI=1S/C29H34N4O2/c34-28(32-15-13-25(14-16-32)21-31-17-19-35-20-18-31)12-11-27-23-33(22-24-7-3-1-4-8-24)30-29(27)26-9-5-2-6-10-26/h1-12,23,25H,13-22H2/b12-11+. The van der Waals surface area contributed by atoms with Crippen LogP contribution < -0.4 is 0 Å². The molecule has 2 fully saturated rings. The topological polar surface area (TPSA) is 50.6 Å². The first-order valence-electron chi connectivity index (χ1n) is 12.7. The summed E-state index contributed by atoms with van der Waals surface area (Å²) >= 11 is 0. The Morgan fingerprint density at radius 3 is 2.34 bits per heavy atom. The van der Waals surface area contributed by atoms with E-state index in [4.69, 9.17) is 9.84 Å². The molecule has 2 aliphatic heterocycles. The van der Waals surface area contributed by atoms with Crippen LogP contribution >= 0.6 is 0 Å². The van der Waals surface area contributed by atoms with E-state index in [0.717, 1.165) is 75.6 Å². The normalized spacial score (nSPS) is 17.8. The molecule has 0 N–H and O–H groups in total. The second-order valence-electron chi connectivity index (χ2n) is 9.50. The summed E-state index contributed by atoms with van der Waals surface area (Å²) in [6.45, 7) is 7.23. The van der Waals surface area contributed by atoms with Gasteiger partial charge in [0.2, 0.25) is 5.91 Å². The summed E-state index contributed by atoms with van der Waals surface area (Å²) in [5, 5.41) is 4.86.